The van der Waals surface area contributed by atoms with E-state index < -0.39 is 33.0 Å². The first-order valence-electron chi connectivity index (χ1n) is 21.2. The lowest BCUT2D eigenvalue weighted by molar-refractivity contribution is -0.140. The number of anilines is 5. The van der Waals surface area contributed by atoms with E-state index in [2.05, 4.69) is 26.6 Å². The van der Waals surface area contributed by atoms with E-state index in [0.29, 0.717) is 34.9 Å². The summed E-state index contributed by atoms with van der Waals surface area (Å²) in [7, 11) is 0. The summed E-state index contributed by atoms with van der Waals surface area (Å²) < 4.78 is 0. The van der Waals surface area contributed by atoms with Crippen LogP contribution in [0.25, 0.3) is 0 Å². The van der Waals surface area contributed by atoms with Gasteiger partial charge in [0.25, 0.3) is 0 Å². The third-order valence-corrected chi connectivity index (χ3v) is 11.9. The molecule has 0 aliphatic rings. The van der Waals surface area contributed by atoms with E-state index in [0.717, 1.165) is 0 Å². The van der Waals surface area contributed by atoms with Crippen LogP contribution >= 0.6 is 0 Å². The Morgan fingerprint density at radius 3 is 0.790 bits per heavy atom. The first-order valence-corrected chi connectivity index (χ1v) is 21.2. The van der Waals surface area contributed by atoms with Crippen LogP contribution in [0.3, 0.4) is 0 Å². The Morgan fingerprint density at radius 2 is 0.532 bits per heavy atom. The van der Waals surface area contributed by atoms with E-state index in [1.807, 2.05) is 117 Å². The van der Waals surface area contributed by atoms with Gasteiger partial charge in [-0.15, -0.1) is 0 Å². The Kier molecular flexibility index (Phi) is 14.9. The van der Waals surface area contributed by atoms with E-state index in [4.69, 9.17) is 0 Å². The lowest BCUT2D eigenvalue weighted by Crippen LogP contribution is -2.51. The molecule has 0 aliphatic heterocycles. The molecule has 5 aromatic carbocycles. The molecule has 0 aromatic heterocycles. The summed E-state index contributed by atoms with van der Waals surface area (Å²) in [5, 5.41) is 15.3. The minimum absolute atomic E-state index is 0.0324. The van der Waals surface area contributed by atoms with E-state index in [1.54, 1.807) is 83.1 Å². The minimum atomic E-state index is -1.46. The van der Waals surface area contributed by atoms with Crippen molar-refractivity contribution in [3.05, 3.63) is 152 Å². The van der Waals surface area contributed by atoms with Gasteiger partial charge in [0.1, 0.15) is 0 Å². The fraction of sp³-hybridized carbons (Fsp3) is 0.327. The van der Waals surface area contributed by atoms with Gasteiger partial charge in [-0.3, -0.25) is 24.0 Å². The zero-order valence-electron chi connectivity index (χ0n) is 37.0. The monoisotopic (exact) mass is 835 g/mol. The summed E-state index contributed by atoms with van der Waals surface area (Å²) in [4.78, 5) is 73.5. The van der Waals surface area contributed by atoms with Crippen LogP contribution in [0.2, 0.25) is 0 Å². The molecule has 0 heterocycles. The normalized spacial score (nSPS) is 15.2. The van der Waals surface area contributed by atoms with Gasteiger partial charge in [0.05, 0.1) is 0 Å². The van der Waals surface area contributed by atoms with Gasteiger partial charge in [-0.05, 0) is 92.8 Å². The number of carbonyl (C=O) groups excluding carboxylic acids is 5. The summed E-state index contributed by atoms with van der Waals surface area (Å²) in [5.41, 5.74) is -3.54. The molecule has 0 fully saturated rings. The van der Waals surface area contributed by atoms with Crippen LogP contribution in [0, 0.1) is 27.1 Å². The van der Waals surface area contributed by atoms with Gasteiger partial charge in [0.15, 0.2) is 0 Å². The Hall–Kier alpha value is -6.55. The van der Waals surface area contributed by atoms with E-state index in [1.165, 1.54) is 0 Å². The lowest BCUT2D eigenvalue weighted by atomic mass is 9.58. The average molecular weight is 836 g/mol. The topological polar surface area (TPSA) is 146 Å². The third kappa shape index (κ3) is 12.1. The van der Waals surface area contributed by atoms with Crippen molar-refractivity contribution in [3.8, 4) is 0 Å². The van der Waals surface area contributed by atoms with E-state index >= 15 is 4.79 Å². The van der Waals surface area contributed by atoms with Gasteiger partial charge in [-0.25, -0.2) is 0 Å². The second-order valence-corrected chi connectivity index (χ2v) is 18.3. The second kappa shape index (κ2) is 19.9. The second-order valence-electron chi connectivity index (χ2n) is 18.3. The molecule has 5 amide bonds. The van der Waals surface area contributed by atoms with Gasteiger partial charge < -0.3 is 26.6 Å². The van der Waals surface area contributed by atoms with Crippen LogP contribution < -0.4 is 26.6 Å². The molecular weight excluding hydrogens is 775 g/mol. The molecule has 62 heavy (non-hydrogen) atoms. The summed E-state index contributed by atoms with van der Waals surface area (Å²) in [6, 6.07) is 45.4. The first-order chi connectivity index (χ1) is 29.4. The molecule has 0 saturated carbocycles. The number of hydrogen-bond donors (Lipinski definition) is 5. The van der Waals surface area contributed by atoms with Crippen LogP contribution in [0.5, 0.6) is 0 Å². The number of carbonyl (C=O) groups is 5. The van der Waals surface area contributed by atoms with Gasteiger partial charge in [-0.1, -0.05) is 139 Å². The van der Waals surface area contributed by atoms with Crippen molar-refractivity contribution in [1.82, 2.24) is 0 Å². The highest BCUT2D eigenvalue weighted by atomic mass is 16.2. The SMILES string of the molecule is CCC(C)(CC(C)(CC(C)(CC(C)(CC(C)(C)C(=O)Nc1ccccc1)C(=O)Nc1ccccc1)C(=O)Nc1ccccc1)C(=O)Nc1ccccc1)C(=O)Nc1ccccc1. The molecule has 5 rings (SSSR count). The Balaban J connectivity index is 1.62. The summed E-state index contributed by atoms with van der Waals surface area (Å²) in [5.74, 6) is -1.75. The van der Waals surface area contributed by atoms with Crippen LogP contribution in [0.4, 0.5) is 28.4 Å². The maximum absolute atomic E-state index is 15.2. The predicted molar refractivity (Wildman–Crippen MR) is 250 cm³/mol. The van der Waals surface area contributed by atoms with Crippen molar-refractivity contribution < 1.29 is 24.0 Å². The lowest BCUT2D eigenvalue weighted by Gasteiger charge is -2.46. The van der Waals surface area contributed by atoms with Gasteiger partial charge in [-0.2, -0.15) is 0 Å². The van der Waals surface area contributed by atoms with Crippen LogP contribution in [-0.2, 0) is 24.0 Å². The molecule has 0 spiro atoms. The summed E-state index contributed by atoms with van der Waals surface area (Å²) >= 11 is 0. The first kappa shape index (κ1) is 46.5. The van der Waals surface area contributed by atoms with Crippen molar-refractivity contribution in [3.63, 3.8) is 0 Å². The zero-order valence-corrected chi connectivity index (χ0v) is 37.0. The van der Waals surface area contributed by atoms with Crippen molar-refractivity contribution in [2.45, 2.75) is 80.6 Å². The zero-order chi connectivity index (χ0) is 45.0. The van der Waals surface area contributed by atoms with Crippen molar-refractivity contribution in [2.75, 3.05) is 26.6 Å². The number of hydrogen-bond acceptors (Lipinski definition) is 5. The molecule has 10 nitrogen and oxygen atoms in total. The minimum Gasteiger partial charge on any atom is -0.326 e. The number of para-hydroxylation sites is 5. The highest BCUT2D eigenvalue weighted by Gasteiger charge is 2.54. The highest BCUT2D eigenvalue weighted by molar-refractivity contribution is 6.02. The van der Waals surface area contributed by atoms with Crippen molar-refractivity contribution >= 4 is 58.0 Å². The summed E-state index contributed by atoms with van der Waals surface area (Å²) in [6.07, 6.45) is 0.322. The maximum Gasteiger partial charge on any atom is 0.230 e. The quantitative estimate of drug-likeness (QED) is 0.0562. The molecule has 0 aliphatic carbocycles. The predicted octanol–water partition coefficient (Wildman–Crippen LogP) is 11.2. The molecule has 0 saturated heterocycles. The number of amides is 5. The number of rotatable bonds is 19. The fourth-order valence-corrected chi connectivity index (χ4v) is 8.71. The molecular formula is C52H61N5O5. The smallest absolute Gasteiger partial charge is 0.230 e. The number of nitrogens with one attached hydrogen (secondary N) is 5. The molecule has 0 bridgehead atoms. The van der Waals surface area contributed by atoms with Crippen molar-refractivity contribution in [2.24, 2.45) is 27.1 Å². The van der Waals surface area contributed by atoms with Crippen LogP contribution in [0.15, 0.2) is 152 Å². The Morgan fingerprint density at radius 1 is 0.323 bits per heavy atom. The fourth-order valence-electron chi connectivity index (χ4n) is 8.71. The standard InChI is InChI=1S/C52H61N5O5/c1-8-49(4,44(59)54-39-26-16-10-17-27-39)35-51(6,46(61)56-41-30-20-12-21-31-41)37-52(7,47(62)57-42-32-22-13-23-33-42)36-50(5,45(60)55-40-28-18-11-19-29-40)34-48(2,3)43(58)53-38-24-14-9-15-25-38/h9-33H,8,34-37H2,1-7H3,(H,53,58)(H,54,59)(H,55,60)(H,56,61)(H,57,62). The van der Waals surface area contributed by atoms with Crippen molar-refractivity contribution in [1.29, 1.82) is 0 Å². The molecule has 10 heteroatoms. The van der Waals surface area contributed by atoms with Crippen LogP contribution in [0.1, 0.15) is 80.6 Å². The summed E-state index contributed by atoms with van der Waals surface area (Å²) in [6.45, 7) is 12.7. The average Bonchev–Trinajstić information content (AvgIpc) is 3.25. The van der Waals surface area contributed by atoms with Gasteiger partial charge >= 0.3 is 0 Å². The molecule has 0 radical (unpaired) electrons. The molecule has 5 N–H and O–H groups in total. The Bertz CT molecular complexity index is 2290. The maximum atomic E-state index is 15.2. The van der Waals surface area contributed by atoms with Crippen LogP contribution in [-0.4, -0.2) is 29.5 Å². The van der Waals surface area contributed by atoms with Gasteiger partial charge in [0.2, 0.25) is 29.5 Å². The largest absolute Gasteiger partial charge is 0.326 e. The third-order valence-electron chi connectivity index (χ3n) is 11.9. The van der Waals surface area contributed by atoms with Gasteiger partial charge in [0, 0.05) is 55.5 Å². The van der Waals surface area contributed by atoms with E-state index in [9.17, 15) is 19.2 Å². The number of benzene rings is 5. The molecule has 4 unspecified atom stereocenters. The van der Waals surface area contributed by atoms with E-state index in [-0.39, 0.29) is 49.3 Å². The molecule has 5 aromatic rings. The highest BCUT2D eigenvalue weighted by Crippen LogP contribution is 2.52. The Labute approximate surface area is 366 Å². The molecule has 4 atom stereocenters. The molecule has 324 valence electrons.